The van der Waals surface area contributed by atoms with Crippen molar-refractivity contribution in [1.29, 1.82) is 0 Å². The Morgan fingerprint density at radius 3 is 0.597 bits per heavy atom. The largest absolute Gasteiger partial charge is 0.507 e. The minimum Gasteiger partial charge on any atom is -0.507 e. The molecule has 0 aromatic heterocycles. The Morgan fingerprint density at radius 2 is 0.387 bits per heavy atom. The van der Waals surface area contributed by atoms with Gasteiger partial charge in [0.1, 0.15) is 34.5 Å². The van der Waals surface area contributed by atoms with E-state index in [-0.39, 0.29) is 124 Å². The Balaban J connectivity index is 0.000000241. The van der Waals surface area contributed by atoms with Gasteiger partial charge in [0, 0.05) is 162 Å². The number of hydrogen-bond donors (Lipinski definition) is 14. The topological polar surface area (TPSA) is 423 Å². The van der Waals surface area contributed by atoms with Crippen molar-refractivity contribution >= 4 is 91.8 Å². The number of likely N-dealkylation sites (N-methyl/N-ethyl adjacent to an activating group) is 4. The molecule has 0 saturated heterocycles. The lowest BCUT2D eigenvalue weighted by Gasteiger charge is -2.24. The average molecular weight is 1710 g/mol. The number of ether oxygens (including phenoxy) is 6. The van der Waals surface area contributed by atoms with Crippen molar-refractivity contribution in [3.8, 4) is 34.5 Å². The molecule has 0 radical (unpaired) electrons. The number of nitrogens with zero attached hydrogens (tertiary/aromatic N) is 4. The number of aromatic hydroxyl groups is 6. The Morgan fingerprint density at radius 1 is 0.210 bits per heavy atom. The lowest BCUT2D eigenvalue weighted by molar-refractivity contribution is 0.0145. The van der Waals surface area contributed by atoms with Gasteiger partial charge in [-0.2, -0.15) is 0 Å². The van der Waals surface area contributed by atoms with E-state index in [1.165, 1.54) is 48.5 Å². The summed E-state index contributed by atoms with van der Waals surface area (Å²) in [7, 11) is 15.5. The van der Waals surface area contributed by atoms with E-state index in [0.717, 1.165) is 13.1 Å². The highest BCUT2D eigenvalue weighted by Crippen LogP contribution is 2.46. The molecule has 4 aliphatic carbocycles. The highest BCUT2D eigenvalue weighted by molar-refractivity contribution is 6.36. The van der Waals surface area contributed by atoms with Crippen molar-refractivity contribution in [2.24, 2.45) is 0 Å². The van der Waals surface area contributed by atoms with Crippen molar-refractivity contribution < 1.29 is 97.4 Å². The third-order valence-corrected chi connectivity index (χ3v) is 21.0. The maximum Gasteiger partial charge on any atom is 0.200 e. The lowest BCUT2D eigenvalue weighted by atomic mass is 9.81. The first-order chi connectivity index (χ1) is 59.8. The molecule has 0 spiro atoms. The van der Waals surface area contributed by atoms with E-state index in [4.69, 9.17) is 28.4 Å². The lowest BCUT2D eigenvalue weighted by Crippen LogP contribution is -2.26. The summed E-state index contributed by atoms with van der Waals surface area (Å²) in [6, 6.07) is 28.1. The summed E-state index contributed by atoms with van der Waals surface area (Å²) in [5, 5.41) is 89.8. The summed E-state index contributed by atoms with van der Waals surface area (Å²) in [5.41, 5.74) is 4.84. The summed E-state index contributed by atoms with van der Waals surface area (Å²) in [5.74, 6) is -5.35. The molecule has 8 aromatic rings. The molecule has 0 heterocycles. The van der Waals surface area contributed by atoms with Crippen molar-refractivity contribution in [1.82, 2.24) is 19.6 Å². The zero-order chi connectivity index (χ0) is 88.7. The molecule has 32 heteroatoms. The van der Waals surface area contributed by atoms with E-state index in [9.17, 15) is 69.0 Å². The molecule has 0 saturated carbocycles. The summed E-state index contributed by atoms with van der Waals surface area (Å²) < 4.78 is 34.0. The summed E-state index contributed by atoms with van der Waals surface area (Å²) in [6.07, 6.45) is 2.40. The standard InChI is InChI=1S/C46H56N6O11.C46H56N6O9/c1-51(2)19-17-49-29-9-13-33(55)41-37(29)45(59)39-31(53)11-7-27(35(39)43(41)57)47-15-5-21-61-23-25-63-26-24-62-22-6-16-48-28-8-12-32(54)40-36(28)44(58)42-34(56)14-10-30(38(42)46(40)60)50-18-20-52(3)4;1-51(2)21-19-49-31-11-5-9-29-37(31)45(57)41-35(53)15-13-33(39(41)43(29)55)47-17-7-23-59-25-27-61-28-26-60-24-8-18-48-34-14-16-36(54)42-40(34)44(56)30-10-6-12-32(38(30)46(42)58)50-20-22-52(3)4/h7-14,47-50,53-56H,5-6,15-26H2,1-4H3;5-6,9-16,47-50,53-54H,7-8,17-28H2,1-4H3. The van der Waals surface area contributed by atoms with E-state index in [1.54, 1.807) is 60.7 Å². The number of phenols is 6. The van der Waals surface area contributed by atoms with Crippen LogP contribution in [0.2, 0.25) is 0 Å². The second-order valence-corrected chi connectivity index (χ2v) is 31.1. The monoisotopic (exact) mass is 1700 g/mol. The average Bonchev–Trinajstić information content (AvgIpc) is 0.753. The zero-order valence-corrected chi connectivity index (χ0v) is 71.4. The second-order valence-electron chi connectivity index (χ2n) is 31.1. The Bertz CT molecular complexity index is 4910. The first-order valence-electron chi connectivity index (χ1n) is 41.6. The highest BCUT2D eigenvalue weighted by atomic mass is 16.5. The molecular weight excluding hydrogens is 1590 g/mol. The van der Waals surface area contributed by atoms with E-state index in [0.29, 0.717) is 227 Å². The molecule has 0 aliphatic heterocycles. The Labute approximate surface area is 720 Å². The number of carbonyl (C=O) groups excluding carboxylic acids is 8. The van der Waals surface area contributed by atoms with Gasteiger partial charge in [-0.15, -0.1) is 0 Å². The quantitative estimate of drug-likeness (QED) is 0.0125. The predicted molar refractivity (Wildman–Crippen MR) is 475 cm³/mol. The molecule has 660 valence electrons. The first-order valence-corrected chi connectivity index (χ1v) is 41.6. The molecule has 4 aliphatic rings. The number of anilines is 8. The zero-order valence-electron chi connectivity index (χ0n) is 71.4. The van der Waals surface area contributed by atoms with Gasteiger partial charge in [0.25, 0.3) is 0 Å². The van der Waals surface area contributed by atoms with Gasteiger partial charge >= 0.3 is 0 Å². The molecule has 0 atom stereocenters. The predicted octanol–water partition coefficient (Wildman–Crippen LogP) is 9.31. The number of benzene rings is 8. The molecule has 32 nitrogen and oxygen atoms in total. The third kappa shape index (κ3) is 22.3. The van der Waals surface area contributed by atoms with Crippen LogP contribution in [0, 0.1) is 0 Å². The minimum absolute atomic E-state index is 0.00675. The molecule has 14 N–H and O–H groups in total. The number of hydrogen-bond acceptors (Lipinski definition) is 32. The van der Waals surface area contributed by atoms with Crippen LogP contribution in [-0.2, 0) is 28.4 Å². The van der Waals surface area contributed by atoms with E-state index in [2.05, 4.69) is 42.5 Å². The second kappa shape index (κ2) is 44.3. The van der Waals surface area contributed by atoms with E-state index < -0.39 is 34.7 Å². The molecule has 0 bridgehead atoms. The number of ketones is 8. The van der Waals surface area contributed by atoms with Gasteiger partial charge in [-0.05, 0) is 167 Å². The number of carbonyl (C=O) groups is 8. The van der Waals surface area contributed by atoms with Crippen molar-refractivity contribution in [2.45, 2.75) is 25.7 Å². The first kappa shape index (κ1) is 92.6. The molecule has 0 unspecified atom stereocenters. The molecule has 0 fully saturated rings. The van der Waals surface area contributed by atoms with E-state index in [1.807, 2.05) is 76.0 Å². The van der Waals surface area contributed by atoms with Gasteiger partial charge in [0.05, 0.1) is 131 Å². The van der Waals surface area contributed by atoms with Crippen molar-refractivity contribution in [3.05, 3.63) is 198 Å². The summed E-state index contributed by atoms with van der Waals surface area (Å²) in [6.45, 7) is 11.4. The van der Waals surface area contributed by atoms with Gasteiger partial charge in [0.2, 0.25) is 23.1 Å². The van der Waals surface area contributed by atoms with Gasteiger partial charge in [-0.3, -0.25) is 38.4 Å². The number of fused-ring (bicyclic) bond motifs is 8. The van der Waals surface area contributed by atoms with Gasteiger partial charge in [-0.1, -0.05) is 24.3 Å². The Kier molecular flexibility index (Phi) is 33.1. The van der Waals surface area contributed by atoms with Crippen molar-refractivity contribution in [2.75, 3.05) is 257 Å². The van der Waals surface area contributed by atoms with Crippen LogP contribution in [0.15, 0.2) is 109 Å². The maximum absolute atomic E-state index is 13.8. The number of phenolic OH excluding ortho intramolecular Hbond substituents is 6. The SMILES string of the molecule is CN(C)CCNc1ccc(O)c2c1C(=O)c1c(O)ccc(NCCCOCCOCCOCCCNc3ccc(O)c4c3C(=O)c3c(O)ccc(NCCN(C)C)c3C4=O)c1C2=O.CN(C)CCNc1cccc2c1C(=O)c1c(O)ccc(NCCCOCCOCCOCCCNc3ccc(O)c4c3C(=O)c3cccc(NCCN(C)C)c3C4=O)c1C2=O. The van der Waals surface area contributed by atoms with Gasteiger partial charge < -0.3 is 121 Å². The summed E-state index contributed by atoms with van der Waals surface area (Å²) >= 11 is 0. The Hall–Kier alpha value is -12.1. The minimum atomic E-state index is -0.558. The van der Waals surface area contributed by atoms with Crippen LogP contribution in [0.3, 0.4) is 0 Å². The molecule has 12 rings (SSSR count). The van der Waals surface area contributed by atoms with Gasteiger partial charge in [0.15, 0.2) is 23.1 Å². The number of rotatable bonds is 48. The van der Waals surface area contributed by atoms with E-state index >= 15 is 0 Å². The van der Waals surface area contributed by atoms with Crippen LogP contribution >= 0.6 is 0 Å². The molecule has 124 heavy (non-hydrogen) atoms. The van der Waals surface area contributed by atoms with Crippen LogP contribution in [0.4, 0.5) is 45.5 Å². The number of nitrogens with one attached hydrogen (secondary N) is 8. The fourth-order valence-electron chi connectivity index (χ4n) is 14.8. The normalized spacial score (nSPS) is 12.9. The fraction of sp³-hybridized carbons (Fsp3) is 0.391. The van der Waals surface area contributed by atoms with Crippen LogP contribution in [0.25, 0.3) is 0 Å². The highest BCUT2D eigenvalue weighted by Gasteiger charge is 2.42. The molecular formula is C92H112N12O20. The molecule has 8 aromatic carbocycles. The third-order valence-electron chi connectivity index (χ3n) is 21.0. The summed E-state index contributed by atoms with van der Waals surface area (Å²) in [4.78, 5) is 118. The maximum atomic E-state index is 13.8. The van der Waals surface area contributed by atoms with Gasteiger partial charge in [-0.25, -0.2) is 0 Å². The smallest absolute Gasteiger partial charge is 0.200 e. The van der Waals surface area contributed by atoms with Crippen molar-refractivity contribution in [3.63, 3.8) is 0 Å². The van der Waals surface area contributed by atoms with Crippen LogP contribution < -0.4 is 42.5 Å². The van der Waals surface area contributed by atoms with Crippen LogP contribution in [0.5, 0.6) is 34.5 Å². The fourth-order valence-corrected chi connectivity index (χ4v) is 14.8. The van der Waals surface area contributed by atoms with Crippen LogP contribution in [-0.4, -0.2) is 311 Å². The molecule has 0 amide bonds. The van der Waals surface area contributed by atoms with Crippen LogP contribution in [0.1, 0.15) is 153 Å².